The van der Waals surface area contributed by atoms with Crippen molar-refractivity contribution in [2.24, 2.45) is 0 Å². The second-order valence-corrected chi connectivity index (χ2v) is 5.13. The van der Waals surface area contributed by atoms with Crippen LogP contribution in [-0.2, 0) is 0 Å². The number of hydrogen-bond donors (Lipinski definition) is 2. The van der Waals surface area contributed by atoms with Crippen LogP contribution in [0.5, 0.6) is 0 Å². The maximum atomic E-state index is 13.1. The summed E-state index contributed by atoms with van der Waals surface area (Å²) in [6.45, 7) is 2.27. The van der Waals surface area contributed by atoms with Crippen molar-refractivity contribution in [3.05, 3.63) is 70.5 Å². The lowest BCUT2D eigenvalue weighted by Crippen LogP contribution is -2.24. The third-order valence-corrected chi connectivity index (χ3v) is 3.57. The van der Waals surface area contributed by atoms with Gasteiger partial charge in [0.1, 0.15) is 5.82 Å². The molecule has 2 rings (SSSR count). The van der Waals surface area contributed by atoms with Crippen molar-refractivity contribution in [3.63, 3.8) is 0 Å². The number of aliphatic hydroxyl groups is 1. The molecule has 1 unspecified atom stereocenters. The molecule has 2 N–H and O–H groups in total. The molecule has 0 saturated heterocycles. The smallest absolute Gasteiger partial charge is 0.123 e. The summed E-state index contributed by atoms with van der Waals surface area (Å²) in [5, 5.41) is 13.8. The minimum atomic E-state index is -0.695. The summed E-state index contributed by atoms with van der Waals surface area (Å²) in [6, 6.07) is 13.6. The molecule has 2 aromatic carbocycles. The van der Waals surface area contributed by atoms with Crippen LogP contribution in [-0.4, -0.2) is 11.7 Å². The molecule has 0 saturated carbocycles. The molecule has 20 heavy (non-hydrogen) atoms. The second kappa shape index (κ2) is 6.84. The van der Waals surface area contributed by atoms with Crippen molar-refractivity contribution in [2.75, 3.05) is 6.54 Å². The Balaban J connectivity index is 1.97. The lowest BCUT2D eigenvalue weighted by Gasteiger charge is -2.18. The number of rotatable bonds is 5. The average Bonchev–Trinajstić information content (AvgIpc) is 2.45. The molecule has 0 aliphatic carbocycles. The summed E-state index contributed by atoms with van der Waals surface area (Å²) in [4.78, 5) is 0. The van der Waals surface area contributed by atoms with Gasteiger partial charge in [-0.2, -0.15) is 0 Å². The molecule has 0 amide bonds. The predicted octanol–water partition coefficient (Wildman–Crippen LogP) is 3.86. The van der Waals surface area contributed by atoms with Gasteiger partial charge in [0.25, 0.3) is 0 Å². The SMILES string of the molecule is C[C@H](NCC(O)c1ccccc1Cl)c1cccc(F)c1. The van der Waals surface area contributed by atoms with Crippen molar-refractivity contribution < 1.29 is 9.50 Å². The maximum Gasteiger partial charge on any atom is 0.123 e. The number of benzene rings is 2. The Labute approximate surface area is 123 Å². The Morgan fingerprint density at radius 1 is 1.20 bits per heavy atom. The van der Waals surface area contributed by atoms with E-state index in [1.807, 2.05) is 25.1 Å². The zero-order chi connectivity index (χ0) is 14.5. The van der Waals surface area contributed by atoms with Gasteiger partial charge in [0.15, 0.2) is 0 Å². The molecule has 2 nitrogen and oxygen atoms in total. The van der Waals surface area contributed by atoms with Crippen molar-refractivity contribution >= 4 is 11.6 Å². The molecule has 2 aromatic rings. The van der Waals surface area contributed by atoms with Crippen LogP contribution in [0.1, 0.15) is 30.2 Å². The minimum absolute atomic E-state index is 0.0529. The van der Waals surface area contributed by atoms with E-state index in [0.29, 0.717) is 17.1 Å². The van der Waals surface area contributed by atoms with E-state index in [1.54, 1.807) is 18.2 Å². The molecule has 0 aliphatic heterocycles. The highest BCUT2D eigenvalue weighted by Crippen LogP contribution is 2.23. The van der Waals surface area contributed by atoms with Crippen molar-refractivity contribution in [3.8, 4) is 0 Å². The first kappa shape index (κ1) is 15.0. The molecule has 0 aliphatic rings. The third-order valence-electron chi connectivity index (χ3n) is 3.23. The van der Waals surface area contributed by atoms with E-state index in [0.717, 1.165) is 5.56 Å². The van der Waals surface area contributed by atoms with Crippen molar-refractivity contribution in [2.45, 2.75) is 19.1 Å². The Hall–Kier alpha value is -1.42. The van der Waals surface area contributed by atoms with Crippen LogP contribution >= 0.6 is 11.6 Å². The van der Waals surface area contributed by atoms with Gasteiger partial charge < -0.3 is 10.4 Å². The number of aliphatic hydroxyl groups excluding tert-OH is 1. The van der Waals surface area contributed by atoms with Gasteiger partial charge >= 0.3 is 0 Å². The zero-order valence-corrected chi connectivity index (χ0v) is 11.9. The van der Waals surface area contributed by atoms with Crippen molar-refractivity contribution in [1.29, 1.82) is 0 Å². The van der Waals surface area contributed by atoms with Crippen molar-refractivity contribution in [1.82, 2.24) is 5.32 Å². The molecule has 0 spiro atoms. The topological polar surface area (TPSA) is 32.3 Å². The van der Waals surface area contributed by atoms with Crippen LogP contribution in [0.15, 0.2) is 48.5 Å². The van der Waals surface area contributed by atoms with Gasteiger partial charge in [-0.05, 0) is 30.7 Å². The number of halogens is 2. The first-order valence-electron chi connectivity index (χ1n) is 6.49. The quantitative estimate of drug-likeness (QED) is 0.877. The van der Waals surface area contributed by atoms with Crippen LogP contribution in [0.25, 0.3) is 0 Å². The highest BCUT2D eigenvalue weighted by molar-refractivity contribution is 6.31. The van der Waals surface area contributed by atoms with E-state index in [9.17, 15) is 9.50 Å². The van der Waals surface area contributed by atoms with E-state index in [-0.39, 0.29) is 11.9 Å². The molecule has 0 fully saturated rings. The molecule has 0 aromatic heterocycles. The molecular formula is C16H17ClFNO. The molecule has 2 atom stereocenters. The van der Waals surface area contributed by atoms with Crippen LogP contribution < -0.4 is 5.32 Å². The first-order valence-corrected chi connectivity index (χ1v) is 6.87. The summed E-state index contributed by atoms with van der Waals surface area (Å²) in [5.41, 5.74) is 1.53. The van der Waals surface area contributed by atoms with Crippen LogP contribution in [0, 0.1) is 5.82 Å². The summed E-state index contributed by atoms with van der Waals surface area (Å²) >= 11 is 6.03. The van der Waals surface area contributed by atoms with E-state index in [1.165, 1.54) is 12.1 Å². The lowest BCUT2D eigenvalue weighted by molar-refractivity contribution is 0.171. The van der Waals surface area contributed by atoms with Crippen LogP contribution in [0.4, 0.5) is 4.39 Å². The highest BCUT2D eigenvalue weighted by atomic mass is 35.5. The Kier molecular flexibility index (Phi) is 5.12. The Morgan fingerprint density at radius 3 is 2.65 bits per heavy atom. The van der Waals surface area contributed by atoms with Gasteiger partial charge in [0, 0.05) is 23.2 Å². The van der Waals surface area contributed by atoms with Gasteiger partial charge in [-0.15, -0.1) is 0 Å². The lowest BCUT2D eigenvalue weighted by atomic mass is 10.1. The van der Waals surface area contributed by atoms with Gasteiger partial charge in [-0.1, -0.05) is 41.9 Å². The fourth-order valence-corrected chi connectivity index (χ4v) is 2.30. The second-order valence-electron chi connectivity index (χ2n) is 4.72. The first-order chi connectivity index (χ1) is 9.58. The molecule has 0 bridgehead atoms. The minimum Gasteiger partial charge on any atom is -0.387 e. The average molecular weight is 294 g/mol. The molecule has 4 heteroatoms. The Bertz CT molecular complexity index is 576. The van der Waals surface area contributed by atoms with Gasteiger partial charge in [0.05, 0.1) is 6.10 Å². The van der Waals surface area contributed by atoms with E-state index in [2.05, 4.69) is 5.32 Å². The molecular weight excluding hydrogens is 277 g/mol. The monoisotopic (exact) mass is 293 g/mol. The normalized spacial score (nSPS) is 14.0. The number of hydrogen-bond acceptors (Lipinski definition) is 2. The van der Waals surface area contributed by atoms with E-state index in [4.69, 9.17) is 11.6 Å². The van der Waals surface area contributed by atoms with Crippen LogP contribution in [0.2, 0.25) is 5.02 Å². The van der Waals surface area contributed by atoms with E-state index < -0.39 is 6.10 Å². The van der Waals surface area contributed by atoms with E-state index >= 15 is 0 Å². The fraction of sp³-hybridized carbons (Fsp3) is 0.250. The number of nitrogens with one attached hydrogen (secondary N) is 1. The zero-order valence-electron chi connectivity index (χ0n) is 11.2. The predicted molar refractivity (Wildman–Crippen MR) is 79.2 cm³/mol. The molecule has 0 heterocycles. The largest absolute Gasteiger partial charge is 0.387 e. The standard InChI is InChI=1S/C16H17ClFNO/c1-11(12-5-4-6-13(18)9-12)19-10-16(20)14-7-2-3-8-15(14)17/h2-9,11,16,19-20H,10H2,1H3/t11-,16?/m0/s1. The highest BCUT2D eigenvalue weighted by Gasteiger charge is 2.13. The van der Waals surface area contributed by atoms with Gasteiger partial charge in [-0.3, -0.25) is 0 Å². The molecule has 106 valence electrons. The van der Waals surface area contributed by atoms with Gasteiger partial charge in [-0.25, -0.2) is 4.39 Å². The summed E-state index contributed by atoms with van der Waals surface area (Å²) in [7, 11) is 0. The summed E-state index contributed by atoms with van der Waals surface area (Å²) in [5.74, 6) is -0.261. The fourth-order valence-electron chi connectivity index (χ4n) is 2.04. The molecule has 0 radical (unpaired) electrons. The Morgan fingerprint density at radius 2 is 1.95 bits per heavy atom. The third kappa shape index (κ3) is 3.79. The summed E-state index contributed by atoms with van der Waals surface area (Å²) in [6.07, 6.45) is -0.695. The van der Waals surface area contributed by atoms with Gasteiger partial charge in [0.2, 0.25) is 0 Å². The summed E-state index contributed by atoms with van der Waals surface area (Å²) < 4.78 is 13.1. The van der Waals surface area contributed by atoms with Crippen LogP contribution in [0.3, 0.4) is 0 Å². The maximum absolute atomic E-state index is 13.1.